The Morgan fingerprint density at radius 2 is 2.10 bits per heavy atom. The zero-order chi connectivity index (χ0) is 14.4. The van der Waals surface area contributed by atoms with E-state index in [1.54, 1.807) is 11.3 Å². The fourth-order valence-corrected chi connectivity index (χ4v) is 5.37. The van der Waals surface area contributed by atoms with Gasteiger partial charge in [-0.25, -0.2) is 4.98 Å². The summed E-state index contributed by atoms with van der Waals surface area (Å²) < 4.78 is 0. The van der Waals surface area contributed by atoms with Crippen LogP contribution in [0.2, 0.25) is 0 Å². The number of hydrogen-bond donors (Lipinski definition) is 0. The average Bonchev–Trinajstić information content (AvgIpc) is 2.93. The van der Waals surface area contributed by atoms with E-state index in [0.717, 1.165) is 48.7 Å². The first-order valence-corrected chi connectivity index (χ1v) is 9.02. The third-order valence-electron chi connectivity index (χ3n) is 5.37. The van der Waals surface area contributed by atoms with E-state index in [0.29, 0.717) is 6.42 Å². The van der Waals surface area contributed by atoms with E-state index in [9.17, 15) is 4.79 Å². The van der Waals surface area contributed by atoms with Crippen LogP contribution >= 0.6 is 11.3 Å². The van der Waals surface area contributed by atoms with Gasteiger partial charge in [0.1, 0.15) is 5.69 Å². The van der Waals surface area contributed by atoms with E-state index < -0.39 is 0 Å². The van der Waals surface area contributed by atoms with Gasteiger partial charge in [0.25, 0.3) is 0 Å². The molecule has 21 heavy (non-hydrogen) atoms. The minimum Gasteiger partial charge on any atom is -0.348 e. The van der Waals surface area contributed by atoms with Crippen LogP contribution in [0.4, 0.5) is 5.13 Å². The number of aryl methyl sites for hydroxylation is 1. The van der Waals surface area contributed by atoms with Gasteiger partial charge in [-0.1, -0.05) is 0 Å². The summed E-state index contributed by atoms with van der Waals surface area (Å²) in [4.78, 5) is 22.9. The number of likely N-dealkylation sites (tertiary alicyclic amines) is 1. The van der Waals surface area contributed by atoms with Gasteiger partial charge < -0.3 is 9.80 Å². The highest BCUT2D eigenvalue weighted by Crippen LogP contribution is 2.36. The predicted molar refractivity (Wildman–Crippen MR) is 85.4 cm³/mol. The monoisotopic (exact) mass is 305 g/mol. The quantitative estimate of drug-likeness (QED) is 0.799. The van der Waals surface area contributed by atoms with Crippen LogP contribution < -0.4 is 4.90 Å². The molecule has 5 heteroatoms. The molecule has 0 bridgehead atoms. The summed E-state index contributed by atoms with van der Waals surface area (Å²) in [6.07, 6.45) is 6.63. The van der Waals surface area contributed by atoms with Crippen molar-refractivity contribution in [3.63, 3.8) is 0 Å². The number of carbonyl (C=O) groups excluding carboxylic acids is 1. The van der Waals surface area contributed by atoms with Gasteiger partial charge >= 0.3 is 0 Å². The number of rotatable bonds is 1. The Morgan fingerprint density at radius 1 is 1.19 bits per heavy atom. The van der Waals surface area contributed by atoms with Gasteiger partial charge in [-0.3, -0.25) is 4.79 Å². The van der Waals surface area contributed by atoms with E-state index in [4.69, 9.17) is 4.98 Å². The molecule has 1 aromatic heterocycles. The summed E-state index contributed by atoms with van der Waals surface area (Å²) in [7, 11) is 2.27. The van der Waals surface area contributed by atoms with Crippen molar-refractivity contribution in [2.45, 2.75) is 44.6 Å². The van der Waals surface area contributed by atoms with Gasteiger partial charge in [0, 0.05) is 30.4 Å². The summed E-state index contributed by atoms with van der Waals surface area (Å²) in [5.41, 5.74) is 0.782. The Morgan fingerprint density at radius 3 is 2.95 bits per heavy atom. The second kappa shape index (κ2) is 5.36. The normalized spacial score (nSPS) is 30.1. The van der Waals surface area contributed by atoms with Crippen LogP contribution in [0.5, 0.6) is 0 Å². The van der Waals surface area contributed by atoms with Crippen molar-refractivity contribution in [3.05, 3.63) is 10.6 Å². The fraction of sp³-hybridized carbons (Fsp3) is 0.750. The van der Waals surface area contributed by atoms with Crippen molar-refractivity contribution in [2.75, 3.05) is 31.6 Å². The number of hydrogen-bond acceptors (Lipinski definition) is 5. The topological polar surface area (TPSA) is 36.4 Å². The van der Waals surface area contributed by atoms with Gasteiger partial charge in [-0.15, -0.1) is 11.3 Å². The lowest BCUT2D eigenvalue weighted by molar-refractivity contribution is 0.0968. The first-order chi connectivity index (χ1) is 10.2. The molecule has 0 spiro atoms. The number of carbonyl (C=O) groups is 1. The minimum absolute atomic E-state index is 0.256. The predicted octanol–water partition coefficient (Wildman–Crippen LogP) is 2.58. The molecule has 0 amide bonds. The van der Waals surface area contributed by atoms with Crippen LogP contribution in [-0.2, 0) is 6.42 Å². The molecule has 2 saturated heterocycles. The SMILES string of the molecule is CN1CCCC2CN(c3nc4c(s3)CCCC4=O)CCC21. The fourth-order valence-electron chi connectivity index (χ4n) is 4.22. The Balaban J connectivity index is 1.54. The second-order valence-electron chi connectivity index (χ2n) is 6.73. The van der Waals surface area contributed by atoms with Crippen LogP contribution in [0, 0.1) is 5.92 Å². The number of anilines is 1. The van der Waals surface area contributed by atoms with Gasteiger partial charge in [-0.2, -0.15) is 0 Å². The zero-order valence-corrected chi connectivity index (χ0v) is 13.5. The Labute approximate surface area is 130 Å². The molecule has 1 aliphatic carbocycles. The molecular weight excluding hydrogens is 282 g/mol. The molecule has 0 N–H and O–H groups in total. The van der Waals surface area contributed by atoms with Crippen LogP contribution in [0.3, 0.4) is 0 Å². The van der Waals surface area contributed by atoms with E-state index in [1.807, 2.05) is 0 Å². The lowest BCUT2D eigenvalue weighted by Crippen LogP contribution is -2.52. The zero-order valence-electron chi connectivity index (χ0n) is 12.7. The molecule has 1 aromatic rings. The lowest BCUT2D eigenvalue weighted by atomic mass is 9.84. The third kappa shape index (κ3) is 2.40. The number of thiazole rings is 1. The molecule has 114 valence electrons. The second-order valence-corrected chi connectivity index (χ2v) is 7.79. The van der Waals surface area contributed by atoms with Crippen molar-refractivity contribution < 1.29 is 4.79 Å². The van der Waals surface area contributed by atoms with Crippen LogP contribution in [0.25, 0.3) is 0 Å². The van der Waals surface area contributed by atoms with E-state index in [1.165, 1.54) is 30.7 Å². The maximum atomic E-state index is 12.0. The first-order valence-electron chi connectivity index (χ1n) is 8.20. The molecule has 4 rings (SSSR count). The van der Waals surface area contributed by atoms with Gasteiger partial charge in [-0.05, 0) is 51.6 Å². The number of piperidine rings is 2. The minimum atomic E-state index is 0.256. The van der Waals surface area contributed by atoms with Crippen molar-refractivity contribution >= 4 is 22.3 Å². The van der Waals surface area contributed by atoms with Gasteiger partial charge in [0.15, 0.2) is 10.9 Å². The van der Waals surface area contributed by atoms with Gasteiger partial charge in [0.2, 0.25) is 0 Å². The summed E-state index contributed by atoms with van der Waals surface area (Å²) in [6.45, 7) is 3.46. The lowest BCUT2D eigenvalue weighted by Gasteiger charge is -2.45. The Bertz CT molecular complexity index is 556. The molecule has 3 heterocycles. The number of nitrogens with zero attached hydrogens (tertiary/aromatic N) is 3. The summed E-state index contributed by atoms with van der Waals surface area (Å²) in [5.74, 6) is 1.03. The van der Waals surface area contributed by atoms with E-state index in [2.05, 4.69) is 16.8 Å². The average molecular weight is 305 g/mol. The Hall–Kier alpha value is -0.940. The molecule has 0 radical (unpaired) electrons. The standard InChI is InChI=1S/C16H23N3OS/c1-18-8-3-4-11-10-19(9-7-12(11)18)16-17-15-13(20)5-2-6-14(15)21-16/h11-12H,2-10H2,1H3. The summed E-state index contributed by atoms with van der Waals surface area (Å²) >= 11 is 1.77. The number of aromatic nitrogens is 1. The van der Waals surface area contributed by atoms with E-state index in [-0.39, 0.29) is 5.78 Å². The molecule has 2 aliphatic heterocycles. The molecule has 2 fully saturated rings. The van der Waals surface area contributed by atoms with Crippen molar-refractivity contribution in [3.8, 4) is 0 Å². The summed E-state index contributed by atoms with van der Waals surface area (Å²) in [6, 6.07) is 0.756. The maximum Gasteiger partial charge on any atom is 0.186 e. The van der Waals surface area contributed by atoms with Crippen LogP contribution in [0.15, 0.2) is 0 Å². The molecule has 3 aliphatic rings. The van der Waals surface area contributed by atoms with Gasteiger partial charge in [0.05, 0.1) is 0 Å². The highest BCUT2D eigenvalue weighted by Gasteiger charge is 2.35. The molecule has 0 saturated carbocycles. The molecule has 4 nitrogen and oxygen atoms in total. The Kier molecular flexibility index (Phi) is 3.50. The molecule has 2 unspecified atom stereocenters. The molecule has 0 aromatic carbocycles. The number of fused-ring (bicyclic) bond motifs is 2. The smallest absolute Gasteiger partial charge is 0.186 e. The maximum absolute atomic E-state index is 12.0. The largest absolute Gasteiger partial charge is 0.348 e. The highest BCUT2D eigenvalue weighted by atomic mass is 32.1. The molecule has 2 atom stereocenters. The number of ketones is 1. The van der Waals surface area contributed by atoms with Crippen molar-refractivity contribution in [1.82, 2.24) is 9.88 Å². The van der Waals surface area contributed by atoms with Crippen molar-refractivity contribution in [2.24, 2.45) is 5.92 Å². The van der Waals surface area contributed by atoms with E-state index >= 15 is 0 Å². The van der Waals surface area contributed by atoms with Crippen molar-refractivity contribution in [1.29, 1.82) is 0 Å². The van der Waals surface area contributed by atoms with Crippen LogP contribution in [0.1, 0.15) is 47.5 Å². The van der Waals surface area contributed by atoms with Crippen LogP contribution in [-0.4, -0.2) is 48.4 Å². The highest BCUT2D eigenvalue weighted by molar-refractivity contribution is 7.16. The number of Topliss-reactive ketones (excluding diaryl/α,β-unsaturated/α-hetero) is 1. The third-order valence-corrected chi connectivity index (χ3v) is 6.55. The summed E-state index contributed by atoms with van der Waals surface area (Å²) in [5, 5.41) is 1.10. The molecular formula is C16H23N3OS. The first kappa shape index (κ1) is 13.7.